The standard InChI is InChI=1S/C14H29NO3/c1-4-8-17-9-5-14(6-10-18-13(14)2)12-15-7-11-16-3/h13,15H,4-12H2,1-3H3. The van der Waals surface area contributed by atoms with Crippen LogP contribution in [-0.4, -0.2) is 52.7 Å². The Bertz CT molecular complexity index is 199. The molecule has 0 saturated carbocycles. The molecule has 0 spiro atoms. The number of hydrogen-bond acceptors (Lipinski definition) is 4. The van der Waals surface area contributed by atoms with Gasteiger partial charge in [0, 0.05) is 45.4 Å². The monoisotopic (exact) mass is 259 g/mol. The zero-order valence-corrected chi connectivity index (χ0v) is 12.2. The van der Waals surface area contributed by atoms with E-state index in [1.54, 1.807) is 7.11 Å². The molecule has 108 valence electrons. The number of nitrogens with one attached hydrogen (secondary N) is 1. The van der Waals surface area contributed by atoms with Crippen LogP contribution in [0.5, 0.6) is 0 Å². The molecular formula is C14H29NO3. The van der Waals surface area contributed by atoms with Crippen molar-refractivity contribution in [1.82, 2.24) is 5.32 Å². The lowest BCUT2D eigenvalue weighted by atomic mass is 9.78. The van der Waals surface area contributed by atoms with Crippen molar-refractivity contribution in [2.75, 3.05) is 46.6 Å². The maximum atomic E-state index is 5.76. The van der Waals surface area contributed by atoms with Crippen molar-refractivity contribution in [2.24, 2.45) is 5.41 Å². The van der Waals surface area contributed by atoms with Crippen LogP contribution >= 0.6 is 0 Å². The van der Waals surface area contributed by atoms with Crippen LogP contribution in [0.4, 0.5) is 0 Å². The molecule has 0 bridgehead atoms. The van der Waals surface area contributed by atoms with Crippen molar-refractivity contribution < 1.29 is 14.2 Å². The Kier molecular flexibility index (Phi) is 7.82. The van der Waals surface area contributed by atoms with Crippen LogP contribution in [0.25, 0.3) is 0 Å². The van der Waals surface area contributed by atoms with E-state index in [9.17, 15) is 0 Å². The third kappa shape index (κ3) is 4.84. The average molecular weight is 259 g/mol. The van der Waals surface area contributed by atoms with Crippen molar-refractivity contribution in [2.45, 2.75) is 39.2 Å². The van der Waals surface area contributed by atoms with Gasteiger partial charge in [-0.25, -0.2) is 0 Å². The van der Waals surface area contributed by atoms with Gasteiger partial charge in [0.1, 0.15) is 0 Å². The Morgan fingerprint density at radius 1 is 1.33 bits per heavy atom. The van der Waals surface area contributed by atoms with E-state index in [-0.39, 0.29) is 5.41 Å². The second-order valence-corrected chi connectivity index (χ2v) is 5.16. The molecule has 1 heterocycles. The second kappa shape index (κ2) is 8.86. The zero-order chi connectivity index (χ0) is 13.3. The summed E-state index contributed by atoms with van der Waals surface area (Å²) < 4.78 is 16.5. The van der Waals surface area contributed by atoms with Gasteiger partial charge >= 0.3 is 0 Å². The van der Waals surface area contributed by atoms with E-state index in [0.717, 1.165) is 58.8 Å². The van der Waals surface area contributed by atoms with Crippen molar-refractivity contribution >= 4 is 0 Å². The van der Waals surface area contributed by atoms with Gasteiger partial charge in [-0.05, 0) is 26.2 Å². The van der Waals surface area contributed by atoms with Gasteiger partial charge in [0.15, 0.2) is 0 Å². The Morgan fingerprint density at radius 2 is 2.17 bits per heavy atom. The molecule has 1 N–H and O–H groups in total. The summed E-state index contributed by atoms with van der Waals surface area (Å²) in [5.74, 6) is 0. The highest BCUT2D eigenvalue weighted by atomic mass is 16.5. The van der Waals surface area contributed by atoms with E-state index in [1.165, 1.54) is 0 Å². The molecule has 0 aliphatic carbocycles. The Morgan fingerprint density at radius 3 is 2.78 bits per heavy atom. The first-order valence-electron chi connectivity index (χ1n) is 7.14. The molecule has 4 nitrogen and oxygen atoms in total. The first-order chi connectivity index (χ1) is 8.75. The summed E-state index contributed by atoms with van der Waals surface area (Å²) in [6.45, 7) is 9.57. The molecule has 0 aromatic carbocycles. The first-order valence-corrected chi connectivity index (χ1v) is 7.14. The number of rotatable bonds is 10. The van der Waals surface area contributed by atoms with Gasteiger partial charge in [-0.15, -0.1) is 0 Å². The maximum absolute atomic E-state index is 5.76. The molecule has 1 saturated heterocycles. The fourth-order valence-electron chi connectivity index (χ4n) is 2.50. The van der Waals surface area contributed by atoms with Gasteiger partial charge in [-0.2, -0.15) is 0 Å². The van der Waals surface area contributed by atoms with Crippen LogP contribution in [-0.2, 0) is 14.2 Å². The fraction of sp³-hybridized carbons (Fsp3) is 1.00. The van der Waals surface area contributed by atoms with Gasteiger partial charge in [0.25, 0.3) is 0 Å². The number of hydrogen-bond donors (Lipinski definition) is 1. The van der Waals surface area contributed by atoms with E-state index in [4.69, 9.17) is 14.2 Å². The van der Waals surface area contributed by atoms with Crippen LogP contribution in [0.3, 0.4) is 0 Å². The normalized spacial score (nSPS) is 27.8. The lowest BCUT2D eigenvalue weighted by Gasteiger charge is -2.32. The second-order valence-electron chi connectivity index (χ2n) is 5.16. The molecular weight excluding hydrogens is 230 g/mol. The maximum Gasteiger partial charge on any atom is 0.0617 e. The van der Waals surface area contributed by atoms with Crippen LogP contribution in [0.1, 0.15) is 33.1 Å². The molecule has 0 aromatic heterocycles. The van der Waals surface area contributed by atoms with Gasteiger partial charge in [-0.3, -0.25) is 0 Å². The first kappa shape index (κ1) is 15.9. The van der Waals surface area contributed by atoms with Gasteiger partial charge in [-0.1, -0.05) is 6.92 Å². The SMILES string of the molecule is CCCOCCC1(CNCCOC)CCOC1C. The Balaban J connectivity index is 2.33. The summed E-state index contributed by atoms with van der Waals surface area (Å²) in [6.07, 6.45) is 3.61. The van der Waals surface area contributed by atoms with E-state index in [0.29, 0.717) is 6.10 Å². The summed E-state index contributed by atoms with van der Waals surface area (Å²) in [7, 11) is 1.73. The molecule has 0 radical (unpaired) electrons. The molecule has 0 aromatic rings. The van der Waals surface area contributed by atoms with Crippen molar-refractivity contribution in [3.8, 4) is 0 Å². The molecule has 1 rings (SSSR count). The summed E-state index contributed by atoms with van der Waals surface area (Å²) in [5, 5.41) is 3.48. The van der Waals surface area contributed by atoms with E-state index < -0.39 is 0 Å². The predicted octanol–water partition coefficient (Wildman–Crippen LogP) is 1.83. The lowest BCUT2D eigenvalue weighted by molar-refractivity contribution is 0.0324. The number of methoxy groups -OCH3 is 1. The average Bonchev–Trinajstić information content (AvgIpc) is 2.73. The van der Waals surface area contributed by atoms with Crippen LogP contribution in [0.2, 0.25) is 0 Å². The smallest absolute Gasteiger partial charge is 0.0617 e. The van der Waals surface area contributed by atoms with Crippen molar-refractivity contribution in [3.63, 3.8) is 0 Å². The van der Waals surface area contributed by atoms with Crippen molar-refractivity contribution in [3.05, 3.63) is 0 Å². The minimum Gasteiger partial charge on any atom is -0.383 e. The molecule has 2 unspecified atom stereocenters. The topological polar surface area (TPSA) is 39.7 Å². The number of ether oxygens (including phenoxy) is 3. The summed E-state index contributed by atoms with van der Waals surface area (Å²) >= 11 is 0. The molecule has 18 heavy (non-hydrogen) atoms. The van der Waals surface area contributed by atoms with Crippen LogP contribution in [0, 0.1) is 5.41 Å². The van der Waals surface area contributed by atoms with Gasteiger partial charge in [0.05, 0.1) is 12.7 Å². The Hall–Kier alpha value is -0.160. The summed E-state index contributed by atoms with van der Waals surface area (Å²) in [5.41, 5.74) is 0.238. The molecule has 1 fully saturated rings. The van der Waals surface area contributed by atoms with Gasteiger partial charge in [0.2, 0.25) is 0 Å². The highest BCUT2D eigenvalue weighted by Gasteiger charge is 2.40. The predicted molar refractivity (Wildman–Crippen MR) is 72.9 cm³/mol. The lowest BCUT2D eigenvalue weighted by Crippen LogP contribution is -2.41. The Labute approximate surface area is 111 Å². The largest absolute Gasteiger partial charge is 0.383 e. The highest BCUT2D eigenvalue weighted by Crippen LogP contribution is 2.37. The minimum absolute atomic E-state index is 0.238. The molecule has 1 aliphatic rings. The molecule has 2 atom stereocenters. The summed E-state index contributed by atoms with van der Waals surface area (Å²) in [6, 6.07) is 0. The summed E-state index contributed by atoms with van der Waals surface area (Å²) in [4.78, 5) is 0. The zero-order valence-electron chi connectivity index (χ0n) is 12.2. The minimum atomic E-state index is 0.238. The van der Waals surface area contributed by atoms with Crippen LogP contribution < -0.4 is 5.32 Å². The van der Waals surface area contributed by atoms with E-state index in [1.807, 2.05) is 0 Å². The molecule has 0 amide bonds. The molecule has 1 aliphatic heterocycles. The van der Waals surface area contributed by atoms with Crippen LogP contribution in [0.15, 0.2) is 0 Å². The van der Waals surface area contributed by atoms with E-state index in [2.05, 4.69) is 19.2 Å². The third-order valence-electron chi connectivity index (χ3n) is 3.88. The fourth-order valence-corrected chi connectivity index (χ4v) is 2.50. The van der Waals surface area contributed by atoms with Gasteiger partial charge < -0.3 is 19.5 Å². The highest BCUT2D eigenvalue weighted by molar-refractivity contribution is 4.91. The molecule has 4 heteroatoms. The quantitative estimate of drug-likeness (QED) is 0.608. The van der Waals surface area contributed by atoms with Crippen molar-refractivity contribution in [1.29, 1.82) is 0 Å². The third-order valence-corrected chi connectivity index (χ3v) is 3.88. The van der Waals surface area contributed by atoms with E-state index >= 15 is 0 Å².